The van der Waals surface area contributed by atoms with Crippen LogP contribution >= 0.6 is 0 Å². The van der Waals surface area contributed by atoms with Gasteiger partial charge in [-0.3, -0.25) is 4.98 Å². The van der Waals surface area contributed by atoms with Gasteiger partial charge in [0.15, 0.2) is 0 Å². The minimum Gasteiger partial charge on any atom is -0.494 e. The van der Waals surface area contributed by atoms with Gasteiger partial charge in [-0.25, -0.2) is 0 Å². The zero-order valence-electron chi connectivity index (χ0n) is 15.7. The molecule has 0 spiro atoms. The summed E-state index contributed by atoms with van der Waals surface area (Å²) in [5.41, 5.74) is 0.0911. The summed E-state index contributed by atoms with van der Waals surface area (Å²) in [7, 11) is 1.60. The molecule has 1 aliphatic heterocycles. The maximum atomic E-state index is 13.3. The van der Waals surface area contributed by atoms with Crippen LogP contribution in [0.1, 0.15) is 24.5 Å². The molecule has 0 saturated carbocycles. The number of methoxy groups -OCH3 is 1. The number of pyridine rings is 1. The molecule has 2 aromatic rings. The summed E-state index contributed by atoms with van der Waals surface area (Å²) in [6, 6.07) is 7.38. The fraction of sp³-hybridized carbons (Fsp3) is 0.400. The summed E-state index contributed by atoms with van der Waals surface area (Å²) in [5, 5.41) is 9.00. The predicted molar refractivity (Wildman–Crippen MR) is 101 cm³/mol. The lowest BCUT2D eigenvalue weighted by Crippen LogP contribution is -2.37. The second-order valence-corrected chi connectivity index (χ2v) is 6.56. The van der Waals surface area contributed by atoms with Crippen molar-refractivity contribution in [3.63, 3.8) is 0 Å². The van der Waals surface area contributed by atoms with Gasteiger partial charge >= 0.3 is 6.18 Å². The fourth-order valence-electron chi connectivity index (χ4n) is 3.69. The quantitative estimate of drug-likeness (QED) is 0.770. The zero-order chi connectivity index (χ0) is 20.3. The summed E-state index contributed by atoms with van der Waals surface area (Å²) >= 11 is 0. The first-order valence-electron chi connectivity index (χ1n) is 9.00. The molecule has 0 aliphatic carbocycles. The van der Waals surface area contributed by atoms with E-state index in [4.69, 9.17) is 10.00 Å². The van der Waals surface area contributed by atoms with Crippen LogP contribution in [-0.4, -0.2) is 37.8 Å². The number of alkyl halides is 3. The molecule has 0 bridgehead atoms. The van der Waals surface area contributed by atoms with Crippen molar-refractivity contribution in [2.24, 2.45) is 0 Å². The molecule has 28 heavy (non-hydrogen) atoms. The van der Waals surface area contributed by atoms with Crippen molar-refractivity contribution >= 4 is 11.4 Å². The second kappa shape index (κ2) is 7.97. The van der Waals surface area contributed by atoms with Crippen LogP contribution < -0.4 is 14.5 Å². The molecule has 0 N–H and O–H groups in total. The predicted octanol–water partition coefficient (Wildman–Crippen LogP) is 4.09. The molecule has 5 nitrogen and oxygen atoms in total. The third-order valence-electron chi connectivity index (χ3n) is 5.03. The number of nitriles is 1. The summed E-state index contributed by atoms with van der Waals surface area (Å²) in [6.07, 6.45) is -0.372. The van der Waals surface area contributed by atoms with Crippen LogP contribution in [0, 0.1) is 11.3 Å². The van der Waals surface area contributed by atoms with Gasteiger partial charge in [0.25, 0.3) is 0 Å². The molecule has 148 valence electrons. The summed E-state index contributed by atoms with van der Waals surface area (Å²) < 4.78 is 45.4. The standard InChI is InChI=1S/C20H21F3N4O/c1-3-27(15-5-4-14(11-24)17(10-15)20(21,22)23)16-7-9-26(13-16)18-12-25-8-6-19(18)28-2/h4-6,8,10,12,16H,3,7,9,13H2,1-2H3/t16-/m0/s1. The lowest BCUT2D eigenvalue weighted by Gasteiger charge is -2.31. The molecule has 1 aliphatic rings. The van der Waals surface area contributed by atoms with E-state index < -0.39 is 11.7 Å². The van der Waals surface area contributed by atoms with Crippen molar-refractivity contribution in [1.29, 1.82) is 5.26 Å². The molecule has 3 rings (SSSR count). The minimum atomic E-state index is -4.56. The highest BCUT2D eigenvalue weighted by molar-refractivity contribution is 5.59. The van der Waals surface area contributed by atoms with Crippen LogP contribution in [0.15, 0.2) is 36.7 Å². The van der Waals surface area contributed by atoms with Gasteiger partial charge in [-0.05, 0) is 31.5 Å². The van der Waals surface area contributed by atoms with Crippen LogP contribution in [0.25, 0.3) is 0 Å². The van der Waals surface area contributed by atoms with Crippen molar-refractivity contribution in [3.8, 4) is 11.8 Å². The number of benzene rings is 1. The van der Waals surface area contributed by atoms with Crippen LogP contribution in [0.5, 0.6) is 5.75 Å². The van der Waals surface area contributed by atoms with Crippen molar-refractivity contribution in [1.82, 2.24) is 4.98 Å². The number of hydrogen-bond donors (Lipinski definition) is 0. The monoisotopic (exact) mass is 390 g/mol. The van der Waals surface area contributed by atoms with Crippen molar-refractivity contribution in [2.75, 3.05) is 36.5 Å². The van der Waals surface area contributed by atoms with Gasteiger partial charge < -0.3 is 14.5 Å². The van der Waals surface area contributed by atoms with Crippen LogP contribution in [0.4, 0.5) is 24.5 Å². The minimum absolute atomic E-state index is 0.0453. The van der Waals surface area contributed by atoms with E-state index in [1.165, 1.54) is 6.07 Å². The van der Waals surface area contributed by atoms with Gasteiger partial charge in [0, 0.05) is 43.6 Å². The molecular formula is C20H21F3N4O. The number of anilines is 2. The lowest BCUT2D eigenvalue weighted by molar-refractivity contribution is -0.137. The highest BCUT2D eigenvalue weighted by atomic mass is 19.4. The first-order chi connectivity index (χ1) is 13.4. The Hall–Kier alpha value is -2.95. The van der Waals surface area contributed by atoms with E-state index in [9.17, 15) is 13.2 Å². The third-order valence-corrected chi connectivity index (χ3v) is 5.03. The summed E-state index contributed by atoms with van der Waals surface area (Å²) in [6.45, 7) is 3.88. The lowest BCUT2D eigenvalue weighted by atomic mass is 10.1. The van der Waals surface area contributed by atoms with Gasteiger partial charge in [0.05, 0.1) is 36.2 Å². The summed E-state index contributed by atoms with van der Waals surface area (Å²) in [5.74, 6) is 0.719. The highest BCUT2D eigenvalue weighted by Crippen LogP contribution is 2.36. The van der Waals surface area contributed by atoms with E-state index in [2.05, 4.69) is 9.88 Å². The SMILES string of the molecule is CCN(c1ccc(C#N)c(C(F)(F)F)c1)[C@H]1CCN(c2cnccc2OC)C1. The Morgan fingerprint density at radius 1 is 1.36 bits per heavy atom. The Morgan fingerprint density at radius 2 is 2.14 bits per heavy atom. The molecule has 1 fully saturated rings. The molecule has 1 aromatic heterocycles. The number of likely N-dealkylation sites (N-methyl/N-ethyl adjacent to an activating group) is 1. The van der Waals surface area contributed by atoms with Crippen LogP contribution in [0.2, 0.25) is 0 Å². The van der Waals surface area contributed by atoms with Crippen LogP contribution in [0.3, 0.4) is 0 Å². The summed E-state index contributed by atoms with van der Waals surface area (Å²) in [4.78, 5) is 8.24. The molecule has 1 atom stereocenters. The third kappa shape index (κ3) is 3.84. The second-order valence-electron chi connectivity index (χ2n) is 6.56. The zero-order valence-corrected chi connectivity index (χ0v) is 15.7. The van der Waals surface area contributed by atoms with Gasteiger partial charge in [-0.15, -0.1) is 0 Å². The topological polar surface area (TPSA) is 52.4 Å². The number of ether oxygens (including phenoxy) is 1. The number of rotatable bonds is 5. The Morgan fingerprint density at radius 3 is 2.79 bits per heavy atom. The molecule has 0 radical (unpaired) electrons. The fourth-order valence-corrected chi connectivity index (χ4v) is 3.69. The van der Waals surface area contributed by atoms with Crippen molar-refractivity contribution < 1.29 is 17.9 Å². The number of aromatic nitrogens is 1. The molecule has 1 aromatic carbocycles. The number of hydrogen-bond acceptors (Lipinski definition) is 5. The van der Waals surface area contributed by atoms with Crippen molar-refractivity contribution in [3.05, 3.63) is 47.8 Å². The van der Waals surface area contributed by atoms with Gasteiger partial charge in [0.2, 0.25) is 0 Å². The average molecular weight is 390 g/mol. The molecular weight excluding hydrogens is 369 g/mol. The van der Waals surface area contributed by atoms with Crippen LogP contribution in [-0.2, 0) is 6.18 Å². The number of halogens is 3. The van der Waals surface area contributed by atoms with E-state index in [-0.39, 0.29) is 11.6 Å². The largest absolute Gasteiger partial charge is 0.494 e. The van der Waals surface area contributed by atoms with Gasteiger partial charge in [0.1, 0.15) is 5.75 Å². The Kier molecular flexibility index (Phi) is 5.63. The Labute approximate surface area is 162 Å². The molecule has 0 unspecified atom stereocenters. The van der Waals surface area contributed by atoms with E-state index in [1.54, 1.807) is 37.7 Å². The van der Waals surface area contributed by atoms with Gasteiger partial charge in [-0.1, -0.05) is 0 Å². The first kappa shape index (κ1) is 19.8. The Balaban J connectivity index is 1.86. The molecule has 1 saturated heterocycles. The average Bonchev–Trinajstić information content (AvgIpc) is 3.17. The van der Waals surface area contributed by atoms with E-state index in [0.29, 0.717) is 18.8 Å². The Bertz CT molecular complexity index is 878. The molecule has 0 amide bonds. The van der Waals surface area contributed by atoms with E-state index in [0.717, 1.165) is 30.5 Å². The van der Waals surface area contributed by atoms with E-state index >= 15 is 0 Å². The first-order valence-corrected chi connectivity index (χ1v) is 9.00. The van der Waals surface area contributed by atoms with E-state index in [1.807, 2.05) is 11.8 Å². The smallest absolute Gasteiger partial charge is 0.417 e. The molecule has 2 heterocycles. The molecule has 8 heteroatoms. The maximum Gasteiger partial charge on any atom is 0.417 e. The van der Waals surface area contributed by atoms with Crippen molar-refractivity contribution in [2.45, 2.75) is 25.6 Å². The van der Waals surface area contributed by atoms with Gasteiger partial charge in [-0.2, -0.15) is 18.4 Å². The number of nitrogens with zero attached hydrogens (tertiary/aromatic N) is 4. The maximum absolute atomic E-state index is 13.3. The normalized spacial score (nSPS) is 16.7. The highest BCUT2D eigenvalue weighted by Gasteiger charge is 2.35.